The summed E-state index contributed by atoms with van der Waals surface area (Å²) in [6, 6.07) is 65.1. The summed E-state index contributed by atoms with van der Waals surface area (Å²) < 4.78 is 9.16. The van der Waals surface area contributed by atoms with Crippen LogP contribution in [-0.4, -0.2) is 4.98 Å². The monoisotopic (exact) mass is 694 g/mol. The van der Waals surface area contributed by atoms with Gasteiger partial charge in [-0.05, 0) is 87.3 Å². The van der Waals surface area contributed by atoms with Crippen LogP contribution in [-0.2, 0) is 0 Å². The smallest absolute Gasteiger partial charge is 0.227 e. The predicted molar refractivity (Wildman–Crippen MR) is 225 cm³/mol. The highest BCUT2D eigenvalue weighted by atomic mass is 32.1. The molecule has 0 radical (unpaired) electrons. The molecule has 0 spiro atoms. The first-order valence-electron chi connectivity index (χ1n) is 17.9. The molecule has 9 aromatic carbocycles. The Morgan fingerprint density at radius 3 is 1.96 bits per heavy atom. The van der Waals surface area contributed by atoms with Crippen LogP contribution in [0.2, 0.25) is 0 Å². The van der Waals surface area contributed by atoms with Gasteiger partial charge in [0.25, 0.3) is 0 Å². The van der Waals surface area contributed by atoms with Crippen molar-refractivity contribution >= 4 is 92.0 Å². The molecule has 0 unspecified atom stereocenters. The Hall–Kier alpha value is -6.75. The molecule has 248 valence electrons. The molecule has 0 bridgehead atoms. The Morgan fingerprint density at radius 2 is 1.11 bits per heavy atom. The quantitative estimate of drug-likeness (QED) is 0.168. The molecule has 0 N–H and O–H groups in total. The maximum absolute atomic E-state index is 6.60. The molecule has 0 aliphatic heterocycles. The number of benzene rings is 9. The van der Waals surface area contributed by atoms with E-state index in [1.54, 1.807) is 0 Å². The number of oxazole rings is 1. The van der Waals surface area contributed by atoms with Gasteiger partial charge in [-0.3, -0.25) is 0 Å². The van der Waals surface area contributed by atoms with Crippen molar-refractivity contribution in [3.05, 3.63) is 182 Å². The number of aromatic nitrogens is 1. The fourth-order valence-electron chi connectivity index (χ4n) is 7.97. The van der Waals surface area contributed by atoms with Crippen LogP contribution in [0, 0.1) is 0 Å². The van der Waals surface area contributed by atoms with Crippen molar-refractivity contribution in [2.24, 2.45) is 0 Å². The molecule has 53 heavy (non-hydrogen) atoms. The van der Waals surface area contributed by atoms with Crippen molar-refractivity contribution in [1.29, 1.82) is 0 Å². The van der Waals surface area contributed by atoms with Crippen LogP contribution in [0.25, 0.3) is 86.2 Å². The standard InChI is InChI=1S/C49H30N2OS/c1-3-11-31(12-4-1)35-15-9-16-37(29-35)51(43-19-10-18-41-40-17-7-8-20-44(40)53-48(41)43)38-26-27-39-36(30-38)24-23-32-21-22-33-25-28-42-47(46(33)45(32)39)52-49(50-42)34-13-5-2-6-14-34/h1-30H. The van der Waals surface area contributed by atoms with Gasteiger partial charge in [0.15, 0.2) is 5.58 Å². The average Bonchev–Trinajstić information content (AvgIpc) is 3.84. The number of nitrogens with zero attached hydrogens (tertiary/aromatic N) is 2. The van der Waals surface area contributed by atoms with E-state index >= 15 is 0 Å². The summed E-state index contributed by atoms with van der Waals surface area (Å²) in [5, 5.41) is 9.48. The van der Waals surface area contributed by atoms with Gasteiger partial charge in [0.05, 0.1) is 10.4 Å². The summed E-state index contributed by atoms with van der Waals surface area (Å²) in [5.41, 5.74) is 8.40. The molecule has 0 aliphatic carbocycles. The summed E-state index contributed by atoms with van der Waals surface area (Å²) in [6.07, 6.45) is 0. The van der Waals surface area contributed by atoms with Gasteiger partial charge in [-0.1, -0.05) is 127 Å². The number of hydrogen-bond donors (Lipinski definition) is 0. The minimum Gasteiger partial charge on any atom is -0.435 e. The zero-order chi connectivity index (χ0) is 34.9. The second-order valence-corrected chi connectivity index (χ2v) is 14.6. The molecule has 3 nitrogen and oxygen atoms in total. The van der Waals surface area contributed by atoms with Gasteiger partial charge in [-0.2, -0.15) is 0 Å². The van der Waals surface area contributed by atoms with Crippen LogP contribution in [0.15, 0.2) is 186 Å². The molecule has 0 saturated carbocycles. The van der Waals surface area contributed by atoms with Crippen LogP contribution in [0.4, 0.5) is 17.1 Å². The number of thiophene rings is 1. The van der Waals surface area contributed by atoms with Gasteiger partial charge in [-0.15, -0.1) is 11.3 Å². The van der Waals surface area contributed by atoms with Gasteiger partial charge < -0.3 is 9.32 Å². The Bertz CT molecular complexity index is 3180. The Balaban J connectivity index is 1.15. The van der Waals surface area contributed by atoms with E-state index in [0.717, 1.165) is 49.9 Å². The van der Waals surface area contributed by atoms with Crippen molar-refractivity contribution in [3.8, 4) is 22.6 Å². The minimum absolute atomic E-state index is 0.636. The first-order valence-corrected chi connectivity index (χ1v) is 18.7. The van der Waals surface area contributed by atoms with E-state index < -0.39 is 0 Å². The molecular formula is C49H30N2OS. The predicted octanol–water partition coefficient (Wildman–Crippen LogP) is 14.5. The zero-order valence-electron chi connectivity index (χ0n) is 28.5. The van der Waals surface area contributed by atoms with Crippen molar-refractivity contribution in [2.45, 2.75) is 0 Å². The van der Waals surface area contributed by atoms with Crippen LogP contribution in [0.1, 0.15) is 0 Å². The van der Waals surface area contributed by atoms with Gasteiger partial charge >= 0.3 is 0 Å². The molecule has 11 aromatic rings. The van der Waals surface area contributed by atoms with Crippen molar-refractivity contribution < 1.29 is 4.42 Å². The minimum atomic E-state index is 0.636. The summed E-state index contributed by atoms with van der Waals surface area (Å²) in [5.74, 6) is 0.636. The lowest BCUT2D eigenvalue weighted by molar-refractivity contribution is 0.623. The lowest BCUT2D eigenvalue weighted by Crippen LogP contribution is -2.10. The molecular weight excluding hydrogens is 665 g/mol. The van der Waals surface area contributed by atoms with Crippen LogP contribution in [0.5, 0.6) is 0 Å². The van der Waals surface area contributed by atoms with E-state index in [1.165, 1.54) is 47.5 Å². The SMILES string of the molecule is c1ccc(-c2cccc(N(c3ccc4c(ccc5ccc6ccc7nc(-c8ccccc8)oc7c6c54)c3)c3cccc4c3sc3ccccc34)c2)cc1. The Labute approximate surface area is 309 Å². The number of anilines is 3. The van der Waals surface area contributed by atoms with Crippen LogP contribution < -0.4 is 4.90 Å². The van der Waals surface area contributed by atoms with E-state index in [9.17, 15) is 0 Å². The van der Waals surface area contributed by atoms with Crippen LogP contribution >= 0.6 is 11.3 Å². The second kappa shape index (κ2) is 11.9. The highest BCUT2D eigenvalue weighted by molar-refractivity contribution is 7.26. The maximum atomic E-state index is 6.60. The first-order chi connectivity index (χ1) is 26.3. The van der Waals surface area contributed by atoms with Gasteiger partial charge in [-0.25, -0.2) is 4.98 Å². The molecule has 0 fully saturated rings. The molecule has 4 heteroatoms. The van der Waals surface area contributed by atoms with E-state index in [4.69, 9.17) is 9.40 Å². The summed E-state index contributed by atoms with van der Waals surface area (Å²) in [4.78, 5) is 7.35. The maximum Gasteiger partial charge on any atom is 0.227 e. The lowest BCUT2D eigenvalue weighted by Gasteiger charge is -2.27. The number of fused-ring (bicyclic) bond motifs is 10. The third-order valence-corrected chi connectivity index (χ3v) is 11.6. The highest BCUT2D eigenvalue weighted by Gasteiger charge is 2.20. The molecule has 0 aliphatic rings. The van der Waals surface area contributed by atoms with Crippen molar-refractivity contribution in [2.75, 3.05) is 4.90 Å². The third-order valence-electron chi connectivity index (χ3n) is 10.4. The first kappa shape index (κ1) is 29.9. The topological polar surface area (TPSA) is 29.3 Å². The summed E-state index contributed by atoms with van der Waals surface area (Å²) in [6.45, 7) is 0. The lowest BCUT2D eigenvalue weighted by atomic mass is 9.95. The van der Waals surface area contributed by atoms with E-state index in [-0.39, 0.29) is 0 Å². The van der Waals surface area contributed by atoms with Crippen molar-refractivity contribution in [1.82, 2.24) is 4.98 Å². The fraction of sp³-hybridized carbons (Fsp3) is 0. The second-order valence-electron chi connectivity index (χ2n) is 13.5. The summed E-state index contributed by atoms with van der Waals surface area (Å²) >= 11 is 1.86. The van der Waals surface area contributed by atoms with E-state index in [1.807, 2.05) is 41.7 Å². The average molecular weight is 695 g/mol. The van der Waals surface area contributed by atoms with Gasteiger partial charge in [0.2, 0.25) is 5.89 Å². The normalized spacial score (nSPS) is 11.8. The number of hydrogen-bond acceptors (Lipinski definition) is 4. The molecule has 2 aromatic heterocycles. The number of rotatable bonds is 5. The zero-order valence-corrected chi connectivity index (χ0v) is 29.3. The molecule has 0 atom stereocenters. The largest absolute Gasteiger partial charge is 0.435 e. The molecule has 11 rings (SSSR count). The van der Waals surface area contributed by atoms with Gasteiger partial charge in [0, 0.05) is 43.2 Å². The third kappa shape index (κ3) is 4.84. The van der Waals surface area contributed by atoms with Crippen molar-refractivity contribution in [3.63, 3.8) is 0 Å². The van der Waals surface area contributed by atoms with E-state index in [2.05, 4.69) is 157 Å². The molecule has 2 heterocycles. The molecule has 0 saturated heterocycles. The summed E-state index contributed by atoms with van der Waals surface area (Å²) in [7, 11) is 0. The fourth-order valence-corrected chi connectivity index (χ4v) is 9.18. The highest BCUT2D eigenvalue weighted by Crippen LogP contribution is 2.46. The van der Waals surface area contributed by atoms with Gasteiger partial charge in [0.1, 0.15) is 5.52 Å². The Kier molecular flexibility index (Phi) is 6.73. The Morgan fingerprint density at radius 1 is 0.453 bits per heavy atom. The van der Waals surface area contributed by atoms with Crippen LogP contribution in [0.3, 0.4) is 0 Å². The van der Waals surface area contributed by atoms with E-state index in [0.29, 0.717) is 5.89 Å². The molecule has 0 amide bonds.